The first kappa shape index (κ1) is 12.5. The maximum absolute atomic E-state index is 13.4. The number of aryl methyl sites for hydroxylation is 1. The van der Waals surface area contributed by atoms with Crippen molar-refractivity contribution in [3.05, 3.63) is 42.1 Å². The molecular weight excluding hydrogens is 264 g/mol. The molecule has 0 fully saturated rings. The maximum Gasteiger partial charge on any atom is 0.265 e. The van der Waals surface area contributed by atoms with E-state index in [1.165, 1.54) is 24.0 Å². The first-order chi connectivity index (χ1) is 8.40. The summed E-state index contributed by atoms with van der Waals surface area (Å²) in [6, 6.07) is 3.67. The number of nitrogens with zero attached hydrogens (tertiary/aromatic N) is 2. The van der Waals surface area contributed by atoms with Crippen LogP contribution in [-0.2, 0) is 17.1 Å². The molecule has 2 rings (SSSR count). The first-order valence-corrected chi connectivity index (χ1v) is 6.34. The first-order valence-electron chi connectivity index (χ1n) is 4.86. The topological polar surface area (TPSA) is 64.0 Å². The second-order valence-corrected chi connectivity index (χ2v) is 5.17. The van der Waals surface area contributed by atoms with E-state index in [1.54, 1.807) is 0 Å². The summed E-state index contributed by atoms with van der Waals surface area (Å²) in [7, 11) is -2.58. The molecule has 0 saturated carbocycles. The fraction of sp³-hybridized carbons (Fsp3) is 0.100. The van der Waals surface area contributed by atoms with E-state index in [9.17, 15) is 17.2 Å². The van der Waals surface area contributed by atoms with Crippen molar-refractivity contribution < 1.29 is 17.2 Å². The molecule has 0 atom stereocenters. The highest BCUT2D eigenvalue weighted by molar-refractivity contribution is 7.92. The van der Waals surface area contributed by atoms with Gasteiger partial charge in [-0.25, -0.2) is 17.2 Å². The van der Waals surface area contributed by atoms with Crippen LogP contribution in [0.2, 0.25) is 0 Å². The molecule has 0 aliphatic heterocycles. The number of hydrogen-bond acceptors (Lipinski definition) is 3. The van der Waals surface area contributed by atoms with Gasteiger partial charge in [0.05, 0.1) is 6.20 Å². The highest BCUT2D eigenvalue weighted by Crippen LogP contribution is 2.18. The van der Waals surface area contributed by atoms with Crippen molar-refractivity contribution in [1.29, 1.82) is 0 Å². The molecule has 1 heterocycles. The van der Waals surface area contributed by atoms with E-state index in [2.05, 4.69) is 9.82 Å². The zero-order valence-corrected chi connectivity index (χ0v) is 10.1. The molecule has 0 unspecified atom stereocenters. The summed E-state index contributed by atoms with van der Waals surface area (Å²) in [5.74, 6) is -1.81. The van der Waals surface area contributed by atoms with E-state index in [1.807, 2.05) is 0 Å². The van der Waals surface area contributed by atoms with Gasteiger partial charge in [0.2, 0.25) is 0 Å². The molecule has 0 radical (unpaired) electrons. The Morgan fingerprint density at radius 3 is 2.56 bits per heavy atom. The van der Waals surface area contributed by atoms with Crippen LogP contribution in [0.4, 0.5) is 14.6 Å². The highest BCUT2D eigenvalue weighted by atomic mass is 32.2. The summed E-state index contributed by atoms with van der Waals surface area (Å²) >= 11 is 0. The number of hydrogen-bond donors (Lipinski definition) is 1. The lowest BCUT2D eigenvalue weighted by atomic mass is 10.3. The SMILES string of the molecule is Cn1nccc1NS(=O)(=O)c1ccc(F)cc1F. The molecule has 8 heteroatoms. The number of halogens is 2. The van der Waals surface area contributed by atoms with Gasteiger partial charge in [-0.2, -0.15) is 5.10 Å². The normalized spacial score (nSPS) is 11.5. The molecule has 0 aliphatic rings. The summed E-state index contributed by atoms with van der Waals surface area (Å²) in [6.07, 6.45) is 1.39. The Kier molecular flexibility index (Phi) is 3.04. The lowest BCUT2D eigenvalue weighted by Gasteiger charge is -2.08. The maximum atomic E-state index is 13.4. The molecule has 96 valence electrons. The molecule has 1 aromatic heterocycles. The number of anilines is 1. The molecule has 0 aliphatic carbocycles. The molecule has 5 nitrogen and oxygen atoms in total. The van der Waals surface area contributed by atoms with Crippen LogP contribution in [-0.4, -0.2) is 18.2 Å². The van der Waals surface area contributed by atoms with E-state index in [0.717, 1.165) is 12.1 Å². The third-order valence-corrected chi connectivity index (χ3v) is 3.63. The third kappa shape index (κ3) is 2.33. The number of rotatable bonds is 3. The molecular formula is C10H9F2N3O2S. The second-order valence-electron chi connectivity index (χ2n) is 3.52. The molecule has 0 saturated heterocycles. The van der Waals surface area contributed by atoms with Crippen molar-refractivity contribution >= 4 is 15.8 Å². The Morgan fingerprint density at radius 1 is 1.28 bits per heavy atom. The van der Waals surface area contributed by atoms with Crippen LogP contribution in [0.1, 0.15) is 0 Å². The monoisotopic (exact) mass is 273 g/mol. The second kappa shape index (κ2) is 4.37. The van der Waals surface area contributed by atoms with Gasteiger partial charge in [0, 0.05) is 19.2 Å². The van der Waals surface area contributed by atoms with Crippen molar-refractivity contribution in [3.8, 4) is 0 Å². The van der Waals surface area contributed by atoms with E-state index in [4.69, 9.17) is 0 Å². The molecule has 2 aromatic rings. The van der Waals surface area contributed by atoms with Gasteiger partial charge in [-0.15, -0.1) is 0 Å². The lowest BCUT2D eigenvalue weighted by molar-refractivity contribution is 0.550. The Bertz CT molecular complexity index is 682. The molecule has 0 amide bonds. The van der Waals surface area contributed by atoms with Gasteiger partial charge in [0.1, 0.15) is 22.3 Å². The van der Waals surface area contributed by atoms with Crippen LogP contribution in [0.15, 0.2) is 35.4 Å². The fourth-order valence-corrected chi connectivity index (χ4v) is 2.51. The predicted octanol–water partition coefficient (Wildman–Crippen LogP) is 1.50. The Hall–Kier alpha value is -1.96. The Balaban J connectivity index is 2.40. The van der Waals surface area contributed by atoms with Crippen molar-refractivity contribution in [2.75, 3.05) is 4.72 Å². The summed E-state index contributed by atoms with van der Waals surface area (Å²) in [4.78, 5) is -0.620. The summed E-state index contributed by atoms with van der Waals surface area (Å²) < 4.78 is 53.3. The zero-order valence-electron chi connectivity index (χ0n) is 9.26. The summed E-state index contributed by atoms with van der Waals surface area (Å²) in [5.41, 5.74) is 0. The smallest absolute Gasteiger partial charge is 0.263 e. The van der Waals surface area contributed by atoms with Crippen LogP contribution in [0.25, 0.3) is 0 Å². The lowest BCUT2D eigenvalue weighted by Crippen LogP contribution is -2.16. The van der Waals surface area contributed by atoms with Gasteiger partial charge in [-0.1, -0.05) is 0 Å². The van der Waals surface area contributed by atoms with Gasteiger partial charge in [-0.05, 0) is 12.1 Å². The van der Waals surface area contributed by atoms with Crippen molar-refractivity contribution in [3.63, 3.8) is 0 Å². The van der Waals surface area contributed by atoms with E-state index in [0.29, 0.717) is 6.07 Å². The Morgan fingerprint density at radius 2 is 2.00 bits per heavy atom. The fourth-order valence-electron chi connectivity index (χ4n) is 1.36. The molecule has 18 heavy (non-hydrogen) atoms. The number of nitrogens with one attached hydrogen (secondary N) is 1. The van der Waals surface area contributed by atoms with Crippen molar-refractivity contribution in [2.45, 2.75) is 4.90 Å². The number of aromatic nitrogens is 2. The zero-order chi connectivity index (χ0) is 13.3. The van der Waals surface area contributed by atoms with Crippen molar-refractivity contribution in [2.24, 2.45) is 7.05 Å². The highest BCUT2D eigenvalue weighted by Gasteiger charge is 2.20. The van der Waals surface area contributed by atoms with Crippen LogP contribution in [0.3, 0.4) is 0 Å². The van der Waals surface area contributed by atoms with Gasteiger partial charge in [-0.3, -0.25) is 9.40 Å². The summed E-state index contributed by atoms with van der Waals surface area (Å²) in [6.45, 7) is 0. The van der Waals surface area contributed by atoms with Gasteiger partial charge < -0.3 is 0 Å². The largest absolute Gasteiger partial charge is 0.265 e. The average molecular weight is 273 g/mol. The predicted molar refractivity (Wildman–Crippen MR) is 60.4 cm³/mol. The minimum absolute atomic E-state index is 0.179. The van der Waals surface area contributed by atoms with Crippen LogP contribution < -0.4 is 4.72 Å². The number of benzene rings is 1. The van der Waals surface area contributed by atoms with Gasteiger partial charge in [0.25, 0.3) is 10.0 Å². The van der Waals surface area contributed by atoms with Crippen LogP contribution >= 0.6 is 0 Å². The quantitative estimate of drug-likeness (QED) is 0.921. The van der Waals surface area contributed by atoms with E-state index < -0.39 is 26.6 Å². The molecule has 1 N–H and O–H groups in total. The van der Waals surface area contributed by atoms with Gasteiger partial charge >= 0.3 is 0 Å². The summed E-state index contributed by atoms with van der Waals surface area (Å²) in [5, 5.41) is 3.77. The van der Waals surface area contributed by atoms with Crippen LogP contribution in [0.5, 0.6) is 0 Å². The minimum Gasteiger partial charge on any atom is -0.263 e. The molecule has 1 aromatic carbocycles. The molecule has 0 bridgehead atoms. The average Bonchev–Trinajstić information content (AvgIpc) is 2.63. The Labute approximate surface area is 102 Å². The van der Waals surface area contributed by atoms with Crippen molar-refractivity contribution in [1.82, 2.24) is 9.78 Å². The number of sulfonamides is 1. The van der Waals surface area contributed by atoms with E-state index >= 15 is 0 Å². The van der Waals surface area contributed by atoms with Gasteiger partial charge in [0.15, 0.2) is 0 Å². The van der Waals surface area contributed by atoms with E-state index in [-0.39, 0.29) is 5.82 Å². The third-order valence-electron chi connectivity index (χ3n) is 2.24. The minimum atomic E-state index is -4.11. The van der Waals surface area contributed by atoms with Crippen LogP contribution in [0, 0.1) is 11.6 Å². The standard InChI is InChI=1S/C10H9F2N3O2S/c1-15-10(4-5-13-15)14-18(16,17)9-3-2-7(11)6-8(9)12/h2-6,14H,1H3. The molecule has 0 spiro atoms.